The Labute approximate surface area is 211 Å². The van der Waals surface area contributed by atoms with Gasteiger partial charge in [0.25, 0.3) is 11.8 Å². The van der Waals surface area contributed by atoms with Crippen LogP contribution in [0.5, 0.6) is 11.5 Å². The van der Waals surface area contributed by atoms with Crippen molar-refractivity contribution < 1.29 is 19.1 Å². The fourth-order valence-corrected chi connectivity index (χ4v) is 3.86. The van der Waals surface area contributed by atoms with Gasteiger partial charge in [-0.2, -0.15) is 0 Å². The van der Waals surface area contributed by atoms with Crippen molar-refractivity contribution in [1.82, 2.24) is 0 Å². The molecule has 0 aliphatic carbocycles. The molecule has 0 spiro atoms. The van der Waals surface area contributed by atoms with Gasteiger partial charge in [-0.05, 0) is 63.1 Å². The zero-order valence-corrected chi connectivity index (χ0v) is 20.9. The number of anilines is 2. The van der Waals surface area contributed by atoms with Gasteiger partial charge in [-0.25, -0.2) is 0 Å². The fraction of sp³-hybridized carbons (Fsp3) is 0.200. The molecule has 2 atom stereocenters. The summed E-state index contributed by atoms with van der Waals surface area (Å²) in [7, 11) is 0. The molecule has 0 bridgehead atoms. The van der Waals surface area contributed by atoms with Crippen molar-refractivity contribution in [2.24, 2.45) is 0 Å². The molecular formula is C30H30N2O4. The molecule has 0 aliphatic rings. The summed E-state index contributed by atoms with van der Waals surface area (Å²) in [5, 5.41) is 7.54. The molecule has 6 heteroatoms. The van der Waals surface area contributed by atoms with Gasteiger partial charge in [0.05, 0.1) is 0 Å². The lowest BCUT2D eigenvalue weighted by molar-refractivity contribution is -0.122. The maximum absolute atomic E-state index is 12.9. The van der Waals surface area contributed by atoms with Crippen molar-refractivity contribution in [3.8, 4) is 11.5 Å². The number of benzene rings is 4. The minimum Gasteiger partial charge on any atom is -0.481 e. The second kappa shape index (κ2) is 11.0. The van der Waals surface area contributed by atoms with E-state index in [2.05, 4.69) is 10.6 Å². The summed E-state index contributed by atoms with van der Waals surface area (Å²) in [4.78, 5) is 25.8. The maximum atomic E-state index is 12.9. The van der Waals surface area contributed by atoms with Crippen molar-refractivity contribution in [2.75, 3.05) is 10.6 Å². The number of hydrogen-bond donors (Lipinski definition) is 2. The quantitative estimate of drug-likeness (QED) is 0.310. The molecule has 2 unspecified atom stereocenters. The summed E-state index contributed by atoms with van der Waals surface area (Å²) in [6.45, 7) is 7.31. The third-order valence-electron chi connectivity index (χ3n) is 5.97. The van der Waals surface area contributed by atoms with E-state index in [0.717, 1.165) is 21.9 Å². The number of rotatable bonds is 8. The number of para-hydroxylation sites is 2. The van der Waals surface area contributed by atoms with E-state index in [1.54, 1.807) is 13.8 Å². The first-order valence-electron chi connectivity index (χ1n) is 11.9. The molecule has 0 aliphatic heterocycles. The van der Waals surface area contributed by atoms with Gasteiger partial charge in [0.1, 0.15) is 11.5 Å². The highest BCUT2D eigenvalue weighted by Crippen LogP contribution is 2.30. The van der Waals surface area contributed by atoms with Gasteiger partial charge in [-0.1, -0.05) is 60.7 Å². The standard InChI is InChI=1S/C30H30N2O4/c1-19-11-5-7-17-27(19)35-21(3)29(33)31-25-15-9-14-24-23(25)13-10-16-26(24)32-30(34)22(4)36-28-18-8-6-12-20(28)2/h5-18,21-22H,1-4H3,(H,31,33)(H,32,34). The summed E-state index contributed by atoms with van der Waals surface area (Å²) in [5.74, 6) is 0.816. The second-order valence-electron chi connectivity index (χ2n) is 8.74. The van der Waals surface area contributed by atoms with Gasteiger partial charge in [0, 0.05) is 22.1 Å². The maximum Gasteiger partial charge on any atom is 0.265 e. The zero-order valence-electron chi connectivity index (χ0n) is 20.9. The normalized spacial score (nSPS) is 12.4. The van der Waals surface area contributed by atoms with E-state index in [4.69, 9.17) is 9.47 Å². The van der Waals surface area contributed by atoms with Crippen molar-refractivity contribution >= 4 is 34.0 Å². The van der Waals surface area contributed by atoms with Crippen LogP contribution >= 0.6 is 0 Å². The van der Waals surface area contributed by atoms with Gasteiger partial charge in [-0.15, -0.1) is 0 Å². The second-order valence-corrected chi connectivity index (χ2v) is 8.74. The number of aryl methyl sites for hydroxylation is 2. The van der Waals surface area contributed by atoms with Crippen molar-refractivity contribution in [1.29, 1.82) is 0 Å². The monoisotopic (exact) mass is 482 g/mol. The van der Waals surface area contributed by atoms with Crippen LogP contribution in [0.1, 0.15) is 25.0 Å². The molecule has 0 radical (unpaired) electrons. The van der Waals surface area contributed by atoms with E-state index in [1.165, 1.54) is 0 Å². The molecular weight excluding hydrogens is 452 g/mol. The lowest BCUT2D eigenvalue weighted by Gasteiger charge is -2.18. The Balaban J connectivity index is 1.49. The third kappa shape index (κ3) is 5.66. The average molecular weight is 483 g/mol. The number of ether oxygens (including phenoxy) is 2. The minimum absolute atomic E-state index is 0.263. The smallest absolute Gasteiger partial charge is 0.265 e. The summed E-state index contributed by atoms with van der Waals surface area (Å²) in [6, 6.07) is 26.3. The van der Waals surface area contributed by atoms with Gasteiger partial charge in [0.15, 0.2) is 12.2 Å². The fourth-order valence-electron chi connectivity index (χ4n) is 3.86. The topological polar surface area (TPSA) is 76.7 Å². The van der Waals surface area contributed by atoms with Crippen LogP contribution in [0.25, 0.3) is 10.8 Å². The number of carbonyl (C=O) groups excluding carboxylic acids is 2. The van der Waals surface area contributed by atoms with Crippen LogP contribution < -0.4 is 20.1 Å². The van der Waals surface area contributed by atoms with Crippen molar-refractivity contribution in [2.45, 2.75) is 39.9 Å². The molecule has 0 saturated carbocycles. The number of nitrogens with one attached hydrogen (secondary N) is 2. The Morgan fingerprint density at radius 1 is 0.583 bits per heavy atom. The molecule has 2 N–H and O–H groups in total. The Kier molecular flexibility index (Phi) is 7.54. The zero-order chi connectivity index (χ0) is 25.7. The van der Waals surface area contributed by atoms with Crippen LogP contribution in [0.4, 0.5) is 11.4 Å². The summed E-state index contributed by atoms with van der Waals surface area (Å²) in [5.41, 5.74) is 3.20. The molecule has 0 heterocycles. The van der Waals surface area contributed by atoms with E-state index in [0.29, 0.717) is 22.9 Å². The van der Waals surface area contributed by atoms with Crippen LogP contribution in [0, 0.1) is 13.8 Å². The van der Waals surface area contributed by atoms with E-state index in [9.17, 15) is 9.59 Å². The minimum atomic E-state index is -0.691. The molecule has 6 nitrogen and oxygen atoms in total. The molecule has 4 rings (SSSR count). The molecule has 0 saturated heterocycles. The van der Waals surface area contributed by atoms with Gasteiger partial charge < -0.3 is 20.1 Å². The summed E-state index contributed by atoms with van der Waals surface area (Å²) < 4.78 is 11.7. The predicted molar refractivity (Wildman–Crippen MR) is 144 cm³/mol. The van der Waals surface area contributed by atoms with Crippen molar-refractivity contribution in [3.05, 3.63) is 96.1 Å². The number of amides is 2. The Hall–Kier alpha value is -4.32. The number of fused-ring (bicyclic) bond motifs is 1. The van der Waals surface area contributed by atoms with E-state index < -0.39 is 12.2 Å². The van der Waals surface area contributed by atoms with Gasteiger partial charge >= 0.3 is 0 Å². The Morgan fingerprint density at radius 2 is 0.972 bits per heavy atom. The number of carbonyl (C=O) groups is 2. The first kappa shape index (κ1) is 24.8. The summed E-state index contributed by atoms with van der Waals surface area (Å²) >= 11 is 0. The van der Waals surface area contributed by atoms with E-state index in [-0.39, 0.29) is 11.8 Å². The third-order valence-corrected chi connectivity index (χ3v) is 5.97. The molecule has 4 aromatic rings. The van der Waals surface area contributed by atoms with Crippen LogP contribution in [0.3, 0.4) is 0 Å². The lowest BCUT2D eigenvalue weighted by Crippen LogP contribution is -2.30. The molecule has 0 aromatic heterocycles. The highest BCUT2D eigenvalue weighted by atomic mass is 16.5. The Bertz CT molecular complexity index is 1290. The van der Waals surface area contributed by atoms with Gasteiger partial charge in [-0.3, -0.25) is 9.59 Å². The molecule has 2 amide bonds. The predicted octanol–water partition coefficient (Wildman–Crippen LogP) is 6.27. The van der Waals surface area contributed by atoms with Crippen LogP contribution in [-0.4, -0.2) is 24.0 Å². The summed E-state index contributed by atoms with van der Waals surface area (Å²) in [6.07, 6.45) is -1.38. The first-order chi connectivity index (χ1) is 17.3. The first-order valence-corrected chi connectivity index (χ1v) is 11.9. The van der Waals surface area contributed by atoms with Crippen LogP contribution in [0.15, 0.2) is 84.9 Å². The highest BCUT2D eigenvalue weighted by Gasteiger charge is 2.19. The molecule has 184 valence electrons. The van der Waals surface area contributed by atoms with Crippen LogP contribution in [0.2, 0.25) is 0 Å². The molecule has 4 aromatic carbocycles. The van der Waals surface area contributed by atoms with E-state index in [1.807, 2.05) is 98.8 Å². The number of hydrogen-bond acceptors (Lipinski definition) is 4. The SMILES string of the molecule is Cc1ccccc1OC(C)C(=O)Nc1cccc2c(NC(=O)C(C)Oc3ccccc3C)cccc12. The van der Waals surface area contributed by atoms with E-state index >= 15 is 0 Å². The van der Waals surface area contributed by atoms with Crippen LogP contribution in [-0.2, 0) is 9.59 Å². The van der Waals surface area contributed by atoms with Crippen molar-refractivity contribution in [3.63, 3.8) is 0 Å². The highest BCUT2D eigenvalue weighted by molar-refractivity contribution is 6.10. The Morgan fingerprint density at radius 3 is 1.36 bits per heavy atom. The largest absolute Gasteiger partial charge is 0.481 e. The average Bonchev–Trinajstić information content (AvgIpc) is 2.87. The lowest BCUT2D eigenvalue weighted by atomic mass is 10.1. The molecule has 36 heavy (non-hydrogen) atoms. The van der Waals surface area contributed by atoms with Gasteiger partial charge in [0.2, 0.25) is 0 Å². The molecule has 0 fully saturated rings.